The molecule has 0 bridgehead atoms. The average molecular weight is 533 g/mol. The molecule has 2 heterocycles. The number of aromatic amines is 1. The summed E-state index contributed by atoms with van der Waals surface area (Å²) in [5.41, 5.74) is 2.94. The number of ketones is 1. The molecular weight excluding hydrogens is 510 g/mol. The van der Waals surface area contributed by atoms with Gasteiger partial charge in [0, 0.05) is 57.3 Å². The van der Waals surface area contributed by atoms with Crippen molar-refractivity contribution in [2.75, 3.05) is 26.2 Å². The highest BCUT2D eigenvalue weighted by Gasteiger charge is 2.32. The molecule has 5 nitrogen and oxygen atoms in total. The number of fused-ring (bicyclic) bond motifs is 1. The number of nitrogens with one attached hydrogen (secondary N) is 1. The zero-order chi connectivity index (χ0) is 21.3. The molecule has 1 atom stereocenters. The van der Waals surface area contributed by atoms with Gasteiger partial charge in [0.2, 0.25) is 0 Å². The third-order valence-corrected chi connectivity index (χ3v) is 6.43. The summed E-state index contributed by atoms with van der Waals surface area (Å²) in [6.07, 6.45) is 2.77. The monoisotopic (exact) mass is 531 g/mol. The number of benzene rings is 2. The predicted molar refractivity (Wildman–Crippen MR) is 126 cm³/mol. The van der Waals surface area contributed by atoms with E-state index in [2.05, 4.69) is 53.9 Å². The van der Waals surface area contributed by atoms with Crippen molar-refractivity contribution in [3.05, 3.63) is 68.7 Å². The van der Waals surface area contributed by atoms with Crippen molar-refractivity contribution in [3.63, 3.8) is 0 Å². The highest BCUT2D eigenvalue weighted by Crippen LogP contribution is 2.26. The van der Waals surface area contributed by atoms with Crippen molar-refractivity contribution in [1.29, 1.82) is 0 Å². The Hall–Kier alpha value is -1.96. The second kappa shape index (κ2) is 9.04. The van der Waals surface area contributed by atoms with Gasteiger partial charge in [0.05, 0.1) is 6.54 Å². The normalized spacial score (nSPS) is 17.4. The first-order valence-electron chi connectivity index (χ1n) is 9.94. The zero-order valence-corrected chi connectivity index (χ0v) is 19.9. The van der Waals surface area contributed by atoms with Crippen LogP contribution in [0.25, 0.3) is 10.9 Å². The highest BCUT2D eigenvalue weighted by molar-refractivity contribution is 9.11. The molecule has 4 rings (SSSR count). The van der Waals surface area contributed by atoms with E-state index in [4.69, 9.17) is 0 Å². The van der Waals surface area contributed by atoms with Crippen LogP contribution >= 0.6 is 31.9 Å². The molecule has 1 saturated heterocycles. The first-order chi connectivity index (χ1) is 14.4. The summed E-state index contributed by atoms with van der Waals surface area (Å²) < 4.78 is 1.73. The van der Waals surface area contributed by atoms with E-state index in [1.165, 1.54) is 10.9 Å². The van der Waals surface area contributed by atoms with Crippen molar-refractivity contribution in [3.8, 4) is 0 Å². The van der Waals surface area contributed by atoms with E-state index in [-0.39, 0.29) is 17.7 Å². The molecule has 1 fully saturated rings. The maximum atomic E-state index is 13.4. The van der Waals surface area contributed by atoms with E-state index in [9.17, 15) is 9.59 Å². The van der Waals surface area contributed by atoms with Crippen molar-refractivity contribution in [2.24, 2.45) is 0 Å². The molecule has 0 unspecified atom stereocenters. The lowest BCUT2D eigenvalue weighted by Gasteiger charge is -2.41. The van der Waals surface area contributed by atoms with Crippen LogP contribution in [-0.2, 0) is 11.2 Å². The molecule has 156 valence electrons. The number of nitrogens with zero attached hydrogens (tertiary/aromatic N) is 2. The van der Waals surface area contributed by atoms with Gasteiger partial charge in [-0.15, -0.1) is 0 Å². The molecule has 30 heavy (non-hydrogen) atoms. The first-order valence-corrected chi connectivity index (χ1v) is 11.5. The lowest BCUT2D eigenvalue weighted by Crippen LogP contribution is -2.56. The molecule has 1 aromatic heterocycles. The number of rotatable bonds is 5. The summed E-state index contributed by atoms with van der Waals surface area (Å²) in [5, 5.41) is 1.18. The summed E-state index contributed by atoms with van der Waals surface area (Å²) >= 11 is 6.96. The number of carbonyl (C=O) groups excluding carboxylic acids is 2. The van der Waals surface area contributed by atoms with Crippen molar-refractivity contribution >= 4 is 54.5 Å². The molecule has 3 aromatic rings. The van der Waals surface area contributed by atoms with Gasteiger partial charge in [0.1, 0.15) is 5.78 Å². The topological polar surface area (TPSA) is 56.4 Å². The van der Waals surface area contributed by atoms with E-state index in [1.54, 1.807) is 6.92 Å². The molecule has 1 amide bonds. The van der Waals surface area contributed by atoms with Crippen LogP contribution in [0, 0.1) is 0 Å². The number of para-hydroxylation sites is 1. The Morgan fingerprint density at radius 3 is 2.57 bits per heavy atom. The van der Waals surface area contributed by atoms with Crippen molar-refractivity contribution in [1.82, 2.24) is 14.8 Å². The van der Waals surface area contributed by atoms with Crippen LogP contribution in [0.2, 0.25) is 0 Å². The minimum atomic E-state index is -0.0115. The predicted octanol–water partition coefficient (Wildman–Crippen LogP) is 4.65. The Kier molecular flexibility index (Phi) is 6.41. The van der Waals surface area contributed by atoms with Crippen LogP contribution in [0.15, 0.2) is 57.6 Å². The Morgan fingerprint density at radius 1 is 1.10 bits per heavy atom. The number of hydrogen-bond acceptors (Lipinski definition) is 3. The lowest BCUT2D eigenvalue weighted by atomic mass is 10.00. The summed E-state index contributed by atoms with van der Waals surface area (Å²) in [6, 6.07) is 13.8. The van der Waals surface area contributed by atoms with Gasteiger partial charge in [-0.3, -0.25) is 14.5 Å². The fraction of sp³-hybridized carbons (Fsp3) is 0.304. The fourth-order valence-corrected chi connectivity index (χ4v) is 5.51. The van der Waals surface area contributed by atoms with Crippen LogP contribution in [-0.4, -0.2) is 58.7 Å². The van der Waals surface area contributed by atoms with Crippen LogP contribution in [0.3, 0.4) is 0 Å². The Labute approximate surface area is 192 Å². The van der Waals surface area contributed by atoms with Gasteiger partial charge in [-0.2, -0.15) is 0 Å². The maximum Gasteiger partial charge on any atom is 0.254 e. The van der Waals surface area contributed by atoms with Gasteiger partial charge >= 0.3 is 0 Å². The summed E-state index contributed by atoms with van der Waals surface area (Å²) in [6.45, 7) is 4.02. The van der Waals surface area contributed by atoms with Gasteiger partial charge in [-0.05, 0) is 43.2 Å². The van der Waals surface area contributed by atoms with Crippen LogP contribution in [0.5, 0.6) is 0 Å². The molecule has 1 aliphatic heterocycles. The quantitative estimate of drug-likeness (QED) is 0.520. The number of amides is 1. The number of hydrogen-bond donors (Lipinski definition) is 1. The molecule has 0 saturated carbocycles. The van der Waals surface area contributed by atoms with E-state index in [0.717, 1.165) is 20.9 Å². The van der Waals surface area contributed by atoms with Gasteiger partial charge in [0.25, 0.3) is 5.91 Å². The van der Waals surface area contributed by atoms with Crippen LogP contribution in [0.4, 0.5) is 0 Å². The standard InChI is InChI=1S/C23H23Br2N3O2/c1-15(29)13-27-6-7-28(23(30)16-8-18(24)11-19(25)9-16)20(14-27)10-17-12-26-22-5-3-2-4-21(17)22/h2-5,8-9,11-12,20,26H,6-7,10,13-14H2,1H3/t20-/m1/s1. The minimum absolute atomic E-state index is 0.0115. The van der Waals surface area contributed by atoms with Crippen molar-refractivity contribution in [2.45, 2.75) is 19.4 Å². The molecule has 0 spiro atoms. The van der Waals surface area contributed by atoms with E-state index < -0.39 is 0 Å². The molecule has 0 aliphatic carbocycles. The van der Waals surface area contributed by atoms with Crippen LogP contribution < -0.4 is 0 Å². The summed E-state index contributed by atoms with van der Waals surface area (Å²) in [4.78, 5) is 32.6. The first kappa shape index (κ1) is 21.3. The Balaban J connectivity index is 1.63. The number of piperazine rings is 1. The van der Waals surface area contributed by atoms with Gasteiger partial charge < -0.3 is 9.88 Å². The number of aromatic nitrogens is 1. The van der Waals surface area contributed by atoms with Gasteiger partial charge in [0.15, 0.2) is 0 Å². The second-order valence-corrected chi connectivity index (χ2v) is 9.64. The number of H-pyrrole nitrogens is 1. The SMILES string of the molecule is CC(=O)CN1CCN(C(=O)c2cc(Br)cc(Br)c2)[C@H](Cc2c[nH]c3ccccc23)C1. The van der Waals surface area contributed by atoms with E-state index in [0.29, 0.717) is 31.7 Å². The van der Waals surface area contributed by atoms with Crippen LogP contribution in [0.1, 0.15) is 22.8 Å². The van der Waals surface area contributed by atoms with Gasteiger partial charge in [-0.25, -0.2) is 0 Å². The minimum Gasteiger partial charge on any atom is -0.361 e. The number of halogens is 2. The lowest BCUT2D eigenvalue weighted by molar-refractivity contribution is -0.118. The summed E-state index contributed by atoms with van der Waals surface area (Å²) in [7, 11) is 0. The molecule has 1 N–H and O–H groups in total. The van der Waals surface area contributed by atoms with Gasteiger partial charge in [-0.1, -0.05) is 50.1 Å². The third kappa shape index (κ3) is 4.68. The van der Waals surface area contributed by atoms with Crippen molar-refractivity contribution < 1.29 is 9.59 Å². The molecule has 7 heteroatoms. The zero-order valence-electron chi connectivity index (χ0n) is 16.7. The molecular formula is C23H23Br2N3O2. The Morgan fingerprint density at radius 2 is 1.83 bits per heavy atom. The fourth-order valence-electron chi connectivity index (χ4n) is 4.22. The molecule has 2 aromatic carbocycles. The summed E-state index contributed by atoms with van der Waals surface area (Å²) in [5.74, 6) is 0.167. The molecule has 1 aliphatic rings. The Bertz CT molecular complexity index is 1070. The highest BCUT2D eigenvalue weighted by atomic mass is 79.9. The number of Topliss-reactive ketones (excluding diaryl/α,β-unsaturated/α-hetero) is 1. The second-order valence-electron chi connectivity index (χ2n) is 7.81. The molecule has 0 radical (unpaired) electrons. The third-order valence-electron chi connectivity index (χ3n) is 5.51. The van der Waals surface area contributed by atoms with E-state index in [1.807, 2.05) is 41.4 Å². The smallest absolute Gasteiger partial charge is 0.254 e. The largest absolute Gasteiger partial charge is 0.361 e. The van der Waals surface area contributed by atoms with E-state index >= 15 is 0 Å². The number of carbonyl (C=O) groups is 2. The maximum absolute atomic E-state index is 13.4. The average Bonchev–Trinajstić information content (AvgIpc) is 3.09.